The smallest absolute Gasteiger partial charge is 0.443 e. The predicted molar refractivity (Wildman–Crippen MR) is 106 cm³/mol. The number of hydrogen-bond acceptors (Lipinski definition) is 6. The molecule has 1 aromatic carbocycles. The summed E-state index contributed by atoms with van der Waals surface area (Å²) in [5.41, 5.74) is 5.05. The van der Waals surface area contributed by atoms with Gasteiger partial charge in [0, 0.05) is 35.3 Å². The molecule has 0 spiro atoms. The minimum absolute atomic E-state index is 0.108. The third kappa shape index (κ3) is 4.14. The van der Waals surface area contributed by atoms with E-state index in [1.165, 1.54) is 17.4 Å². The van der Waals surface area contributed by atoms with Crippen molar-refractivity contribution in [3.63, 3.8) is 0 Å². The quantitative estimate of drug-likeness (QED) is 0.791. The van der Waals surface area contributed by atoms with Crippen molar-refractivity contribution in [3.05, 3.63) is 28.4 Å². The minimum atomic E-state index is -0.934. The average Bonchev–Trinajstić information content (AvgIpc) is 2.92. The highest BCUT2D eigenvalue weighted by molar-refractivity contribution is 7.19. The maximum absolute atomic E-state index is 14.5. The number of rotatable bonds is 4. The first kappa shape index (κ1) is 20.6. The number of nitrogens with zero attached hydrogens (tertiary/aromatic N) is 1. The fourth-order valence-corrected chi connectivity index (χ4v) is 4.65. The molecule has 1 fully saturated rings. The van der Waals surface area contributed by atoms with E-state index in [-0.39, 0.29) is 11.8 Å². The molecule has 1 aliphatic heterocycles. The maximum Gasteiger partial charge on any atom is 0.494 e. The number of hydrogen-bond donors (Lipinski definition) is 1. The number of carbonyl (C=O) groups is 1. The van der Waals surface area contributed by atoms with E-state index in [9.17, 15) is 14.4 Å². The number of amides is 1. The first-order valence-corrected chi connectivity index (χ1v) is 9.70. The summed E-state index contributed by atoms with van der Waals surface area (Å²) < 4.78 is 31.7. The Kier molecular flexibility index (Phi) is 5.41. The maximum atomic E-state index is 14.5. The molecule has 1 saturated heterocycles. The molecule has 1 aromatic heterocycles. The Bertz CT molecular complexity index is 957. The topological polar surface area (TPSA) is 94.6 Å². The van der Waals surface area contributed by atoms with Crippen LogP contribution in [-0.4, -0.2) is 32.0 Å². The Morgan fingerprint density at radius 1 is 1.43 bits per heavy atom. The van der Waals surface area contributed by atoms with E-state index in [4.69, 9.17) is 19.8 Å². The summed E-state index contributed by atoms with van der Waals surface area (Å²) in [5, 5.41) is 10.3. The molecule has 1 amide bonds. The SMILES string of the molecule is CC1(C)COB(c2ccc(F)c3sc(CC(C)(C)OC(N)=O)c(C#N)c23)OC1. The van der Waals surface area contributed by atoms with Gasteiger partial charge in [0.15, 0.2) is 0 Å². The van der Waals surface area contributed by atoms with Crippen molar-refractivity contribution in [3.8, 4) is 6.07 Å². The Labute approximate surface area is 167 Å². The molecule has 0 radical (unpaired) electrons. The minimum Gasteiger partial charge on any atom is -0.443 e. The van der Waals surface area contributed by atoms with Gasteiger partial charge in [-0.2, -0.15) is 5.26 Å². The number of thiophene rings is 1. The van der Waals surface area contributed by atoms with Gasteiger partial charge in [0.1, 0.15) is 17.5 Å². The van der Waals surface area contributed by atoms with Crippen LogP contribution in [-0.2, 0) is 20.5 Å². The van der Waals surface area contributed by atoms with Gasteiger partial charge in [-0.3, -0.25) is 0 Å². The van der Waals surface area contributed by atoms with Gasteiger partial charge in [0.25, 0.3) is 0 Å². The Morgan fingerprint density at radius 3 is 2.64 bits per heavy atom. The molecule has 0 unspecified atom stereocenters. The van der Waals surface area contributed by atoms with E-state index in [2.05, 4.69) is 6.07 Å². The molecule has 0 bridgehead atoms. The lowest BCUT2D eigenvalue weighted by molar-refractivity contribution is 0.0344. The number of ether oxygens (including phenoxy) is 1. The van der Waals surface area contributed by atoms with E-state index in [1.54, 1.807) is 19.9 Å². The first-order chi connectivity index (χ1) is 13.0. The molecule has 148 valence electrons. The summed E-state index contributed by atoms with van der Waals surface area (Å²) in [7, 11) is -0.666. The van der Waals surface area contributed by atoms with Crippen LogP contribution in [0, 0.1) is 22.6 Å². The fourth-order valence-electron chi connectivity index (χ4n) is 3.25. The van der Waals surface area contributed by atoms with E-state index < -0.39 is 24.6 Å². The van der Waals surface area contributed by atoms with Crippen molar-refractivity contribution in [2.24, 2.45) is 11.1 Å². The van der Waals surface area contributed by atoms with Crippen LogP contribution in [0.2, 0.25) is 0 Å². The Balaban J connectivity index is 2.06. The van der Waals surface area contributed by atoms with Gasteiger partial charge in [-0.15, -0.1) is 11.3 Å². The predicted octanol–water partition coefficient (Wildman–Crippen LogP) is 3.10. The lowest BCUT2D eigenvalue weighted by atomic mass is 9.73. The van der Waals surface area contributed by atoms with Gasteiger partial charge in [-0.1, -0.05) is 19.9 Å². The number of halogens is 1. The van der Waals surface area contributed by atoms with E-state index in [0.717, 1.165) is 0 Å². The van der Waals surface area contributed by atoms with Crippen LogP contribution < -0.4 is 11.2 Å². The normalized spacial score (nSPS) is 16.8. The van der Waals surface area contributed by atoms with Gasteiger partial charge in [0.05, 0.1) is 10.3 Å². The molecule has 2 N–H and O–H groups in total. The third-order valence-electron chi connectivity index (χ3n) is 4.48. The van der Waals surface area contributed by atoms with Crippen molar-refractivity contribution < 1.29 is 23.2 Å². The largest absolute Gasteiger partial charge is 0.494 e. The second-order valence-electron chi connectivity index (χ2n) is 8.33. The standard InChI is InChI=1S/C19H22BFN2O4S/c1-18(2)9-25-20(26-10-18)12-5-6-13(21)16-15(12)11(8-22)14(28-16)7-19(3,4)27-17(23)24/h5-6H,7,9-10H2,1-4H3,(H2,23,24). The number of fused-ring (bicyclic) bond motifs is 1. The molecular weight excluding hydrogens is 382 g/mol. The number of carbonyl (C=O) groups excluding carboxylic acids is 1. The molecule has 2 heterocycles. The van der Waals surface area contributed by atoms with Crippen LogP contribution in [0.3, 0.4) is 0 Å². The molecule has 2 aromatic rings. The Morgan fingerprint density at radius 2 is 2.07 bits per heavy atom. The Hall–Kier alpha value is -2.15. The van der Waals surface area contributed by atoms with Gasteiger partial charge in [-0.05, 0) is 25.4 Å². The van der Waals surface area contributed by atoms with Crippen LogP contribution in [0.5, 0.6) is 0 Å². The summed E-state index contributed by atoms with van der Waals surface area (Å²) in [6.07, 6.45) is -0.667. The van der Waals surface area contributed by atoms with Crippen molar-refractivity contribution in [1.82, 2.24) is 0 Å². The number of primary amides is 1. The average molecular weight is 404 g/mol. The van der Waals surface area contributed by atoms with Crippen molar-refractivity contribution in [2.75, 3.05) is 13.2 Å². The summed E-state index contributed by atoms with van der Waals surface area (Å²) >= 11 is 1.17. The fraction of sp³-hybridized carbons (Fsp3) is 0.474. The van der Waals surface area contributed by atoms with Gasteiger partial charge in [-0.25, -0.2) is 9.18 Å². The van der Waals surface area contributed by atoms with E-state index in [0.29, 0.717) is 39.2 Å². The molecule has 3 rings (SSSR count). The molecular formula is C19H22BFN2O4S. The molecule has 28 heavy (non-hydrogen) atoms. The molecule has 0 aliphatic carbocycles. The summed E-state index contributed by atoms with van der Waals surface area (Å²) in [6, 6.07) is 5.14. The van der Waals surface area contributed by atoms with Crippen LogP contribution in [0.4, 0.5) is 9.18 Å². The summed E-state index contributed by atoms with van der Waals surface area (Å²) in [5.74, 6) is -0.420. The summed E-state index contributed by atoms with van der Waals surface area (Å²) in [4.78, 5) is 11.8. The van der Waals surface area contributed by atoms with Crippen LogP contribution in [0.25, 0.3) is 10.1 Å². The zero-order valence-corrected chi connectivity index (χ0v) is 17.1. The molecule has 0 atom stereocenters. The van der Waals surface area contributed by atoms with Crippen LogP contribution in [0.15, 0.2) is 12.1 Å². The molecule has 9 heteroatoms. The van der Waals surface area contributed by atoms with Gasteiger partial charge in [0.2, 0.25) is 0 Å². The lowest BCUT2D eigenvalue weighted by Gasteiger charge is -2.33. The van der Waals surface area contributed by atoms with E-state index >= 15 is 0 Å². The molecule has 6 nitrogen and oxygen atoms in total. The highest BCUT2D eigenvalue weighted by Crippen LogP contribution is 2.35. The third-order valence-corrected chi connectivity index (χ3v) is 5.67. The van der Waals surface area contributed by atoms with Crippen LogP contribution >= 0.6 is 11.3 Å². The second kappa shape index (κ2) is 7.35. The summed E-state index contributed by atoms with van der Waals surface area (Å²) in [6.45, 7) is 8.44. The lowest BCUT2D eigenvalue weighted by Crippen LogP contribution is -2.47. The molecule has 0 saturated carbocycles. The van der Waals surface area contributed by atoms with Gasteiger partial charge < -0.3 is 19.8 Å². The number of benzene rings is 1. The number of nitrogens with two attached hydrogens (primary N) is 1. The van der Waals surface area contributed by atoms with Crippen molar-refractivity contribution in [1.29, 1.82) is 5.26 Å². The zero-order chi connectivity index (χ0) is 20.7. The van der Waals surface area contributed by atoms with Crippen LogP contribution in [0.1, 0.15) is 38.1 Å². The highest BCUT2D eigenvalue weighted by atomic mass is 32.1. The van der Waals surface area contributed by atoms with Crippen molar-refractivity contribution in [2.45, 2.75) is 39.7 Å². The molecule has 1 aliphatic rings. The highest BCUT2D eigenvalue weighted by Gasteiger charge is 2.36. The monoisotopic (exact) mass is 404 g/mol. The van der Waals surface area contributed by atoms with Gasteiger partial charge >= 0.3 is 13.2 Å². The second-order valence-corrected chi connectivity index (χ2v) is 9.43. The zero-order valence-electron chi connectivity index (χ0n) is 16.3. The first-order valence-electron chi connectivity index (χ1n) is 8.88. The van der Waals surface area contributed by atoms with Crippen molar-refractivity contribution >= 4 is 40.1 Å². The van der Waals surface area contributed by atoms with E-state index in [1.807, 2.05) is 13.8 Å². The number of nitriles is 1.